The molecule has 0 aliphatic heterocycles. The van der Waals surface area contributed by atoms with Gasteiger partial charge in [0, 0.05) is 16.6 Å². The van der Waals surface area contributed by atoms with Gasteiger partial charge in [0.25, 0.3) is 5.91 Å². The molecular formula is C15H18BrNO. The Bertz CT molecular complexity index is 479. The van der Waals surface area contributed by atoms with E-state index in [1.807, 2.05) is 25.1 Å². The number of allylic oxidation sites excluding steroid dienone is 1. The summed E-state index contributed by atoms with van der Waals surface area (Å²) >= 11 is 3.45. The number of benzene rings is 1. The van der Waals surface area contributed by atoms with Crippen LogP contribution in [0.25, 0.3) is 0 Å². The fourth-order valence-electron chi connectivity index (χ4n) is 2.14. The van der Waals surface area contributed by atoms with Crippen LogP contribution >= 0.6 is 15.9 Å². The molecular weight excluding hydrogens is 290 g/mol. The van der Waals surface area contributed by atoms with Crippen LogP contribution in [-0.4, -0.2) is 12.5 Å². The molecule has 0 atom stereocenters. The molecule has 96 valence electrons. The van der Waals surface area contributed by atoms with Gasteiger partial charge in [0.2, 0.25) is 0 Å². The maximum atomic E-state index is 11.9. The highest BCUT2D eigenvalue weighted by atomic mass is 79.9. The number of carbonyl (C=O) groups is 1. The lowest BCUT2D eigenvalue weighted by molar-refractivity contribution is 0.0954. The van der Waals surface area contributed by atoms with E-state index < -0.39 is 0 Å². The number of rotatable bonds is 4. The number of halogens is 1. The third-order valence-corrected chi connectivity index (χ3v) is 4.16. The Labute approximate surface area is 117 Å². The van der Waals surface area contributed by atoms with Gasteiger partial charge in [-0.2, -0.15) is 0 Å². The van der Waals surface area contributed by atoms with Crippen molar-refractivity contribution in [2.24, 2.45) is 0 Å². The van der Waals surface area contributed by atoms with Crippen molar-refractivity contribution in [3.8, 4) is 0 Å². The fraction of sp³-hybridized carbons (Fsp3) is 0.400. The molecule has 0 unspecified atom stereocenters. The highest BCUT2D eigenvalue weighted by molar-refractivity contribution is 9.10. The van der Waals surface area contributed by atoms with Gasteiger partial charge in [0.1, 0.15) is 0 Å². The molecule has 0 bridgehead atoms. The smallest absolute Gasteiger partial charge is 0.251 e. The fourth-order valence-corrected chi connectivity index (χ4v) is 2.52. The van der Waals surface area contributed by atoms with E-state index in [4.69, 9.17) is 0 Å². The molecule has 1 amide bonds. The first-order chi connectivity index (χ1) is 8.66. The van der Waals surface area contributed by atoms with E-state index in [0.717, 1.165) is 23.0 Å². The van der Waals surface area contributed by atoms with Gasteiger partial charge in [-0.25, -0.2) is 0 Å². The van der Waals surface area contributed by atoms with Crippen LogP contribution in [0.5, 0.6) is 0 Å². The second-order valence-corrected chi connectivity index (χ2v) is 5.58. The number of nitrogens with one attached hydrogen (secondary N) is 1. The number of amides is 1. The van der Waals surface area contributed by atoms with Gasteiger partial charge >= 0.3 is 0 Å². The predicted octanol–water partition coefficient (Wildman–Crippen LogP) is 3.99. The number of aryl methyl sites for hydroxylation is 1. The first-order valence-corrected chi connectivity index (χ1v) is 7.18. The molecule has 0 saturated heterocycles. The molecule has 0 fully saturated rings. The maximum absolute atomic E-state index is 11.9. The standard InChI is InChI=1S/C15H18BrNO/c1-11-6-7-13(10-14(11)16)15(18)17-9-8-12-4-2-3-5-12/h4,6-7,10H,2-3,5,8-9H2,1H3,(H,17,18). The van der Waals surface area contributed by atoms with E-state index >= 15 is 0 Å². The summed E-state index contributed by atoms with van der Waals surface area (Å²) in [6.07, 6.45) is 6.96. The SMILES string of the molecule is Cc1ccc(C(=O)NCCC2=CCCC2)cc1Br. The summed E-state index contributed by atoms with van der Waals surface area (Å²) in [7, 11) is 0. The van der Waals surface area contributed by atoms with Crippen LogP contribution in [0, 0.1) is 6.92 Å². The monoisotopic (exact) mass is 307 g/mol. The largest absolute Gasteiger partial charge is 0.352 e. The summed E-state index contributed by atoms with van der Waals surface area (Å²) in [5.74, 6) is 0.00861. The van der Waals surface area contributed by atoms with E-state index in [-0.39, 0.29) is 5.91 Å². The summed E-state index contributed by atoms with van der Waals surface area (Å²) in [5, 5.41) is 2.97. The van der Waals surface area contributed by atoms with E-state index in [9.17, 15) is 4.79 Å². The molecule has 0 aromatic heterocycles. The molecule has 18 heavy (non-hydrogen) atoms. The number of hydrogen-bond donors (Lipinski definition) is 1. The van der Waals surface area contributed by atoms with Crippen LogP contribution in [0.4, 0.5) is 0 Å². The van der Waals surface area contributed by atoms with Gasteiger partial charge in [0.15, 0.2) is 0 Å². The summed E-state index contributed by atoms with van der Waals surface area (Å²) in [6.45, 7) is 2.74. The van der Waals surface area contributed by atoms with Crippen molar-refractivity contribution in [2.45, 2.75) is 32.6 Å². The highest BCUT2D eigenvalue weighted by Gasteiger charge is 2.08. The molecule has 1 aromatic carbocycles. The normalized spacial score (nSPS) is 14.4. The zero-order chi connectivity index (χ0) is 13.0. The van der Waals surface area contributed by atoms with Crippen molar-refractivity contribution < 1.29 is 4.79 Å². The minimum absolute atomic E-state index is 0.00861. The Morgan fingerprint density at radius 1 is 1.44 bits per heavy atom. The summed E-state index contributed by atoms with van der Waals surface area (Å²) in [6, 6.07) is 5.70. The third kappa shape index (κ3) is 3.45. The van der Waals surface area contributed by atoms with Crippen molar-refractivity contribution in [1.29, 1.82) is 0 Å². The zero-order valence-corrected chi connectivity index (χ0v) is 12.2. The molecule has 1 N–H and O–H groups in total. The average molecular weight is 308 g/mol. The quantitative estimate of drug-likeness (QED) is 0.837. The Balaban J connectivity index is 1.85. The van der Waals surface area contributed by atoms with E-state index in [2.05, 4.69) is 27.3 Å². The minimum atomic E-state index is 0.00861. The molecule has 2 rings (SSSR count). The Hall–Kier alpha value is -1.09. The topological polar surface area (TPSA) is 29.1 Å². The molecule has 2 nitrogen and oxygen atoms in total. The molecule has 1 aliphatic rings. The molecule has 0 spiro atoms. The highest BCUT2D eigenvalue weighted by Crippen LogP contribution is 2.20. The van der Waals surface area contributed by atoms with Gasteiger partial charge in [-0.3, -0.25) is 4.79 Å². The average Bonchev–Trinajstić information content (AvgIpc) is 2.85. The lowest BCUT2D eigenvalue weighted by Gasteiger charge is -2.07. The van der Waals surface area contributed by atoms with Gasteiger partial charge < -0.3 is 5.32 Å². The third-order valence-electron chi connectivity index (χ3n) is 3.30. The maximum Gasteiger partial charge on any atom is 0.251 e. The summed E-state index contributed by atoms with van der Waals surface area (Å²) in [5.41, 5.74) is 3.34. The Morgan fingerprint density at radius 3 is 2.94 bits per heavy atom. The molecule has 1 aromatic rings. The zero-order valence-electron chi connectivity index (χ0n) is 10.6. The second kappa shape index (κ2) is 6.19. The number of carbonyl (C=O) groups excluding carboxylic acids is 1. The van der Waals surface area contributed by atoms with Gasteiger partial charge in [0.05, 0.1) is 0 Å². The summed E-state index contributed by atoms with van der Waals surface area (Å²) in [4.78, 5) is 11.9. The lowest BCUT2D eigenvalue weighted by Crippen LogP contribution is -2.24. The van der Waals surface area contributed by atoms with Crippen LogP contribution in [0.1, 0.15) is 41.6 Å². The summed E-state index contributed by atoms with van der Waals surface area (Å²) < 4.78 is 0.980. The van der Waals surface area contributed by atoms with Crippen LogP contribution in [0.2, 0.25) is 0 Å². The van der Waals surface area contributed by atoms with Crippen LogP contribution in [-0.2, 0) is 0 Å². The Kier molecular flexibility index (Phi) is 4.59. The van der Waals surface area contributed by atoms with Gasteiger partial charge in [-0.05, 0) is 50.3 Å². The molecule has 1 aliphatic carbocycles. The minimum Gasteiger partial charge on any atom is -0.352 e. The predicted molar refractivity (Wildman–Crippen MR) is 77.8 cm³/mol. The van der Waals surface area contributed by atoms with Crippen molar-refractivity contribution in [1.82, 2.24) is 5.32 Å². The Morgan fingerprint density at radius 2 is 2.28 bits per heavy atom. The van der Waals surface area contributed by atoms with Crippen molar-refractivity contribution in [3.05, 3.63) is 45.4 Å². The van der Waals surface area contributed by atoms with Crippen molar-refractivity contribution in [2.75, 3.05) is 6.54 Å². The first kappa shape index (κ1) is 13.3. The van der Waals surface area contributed by atoms with E-state index in [1.54, 1.807) is 0 Å². The van der Waals surface area contributed by atoms with Crippen LogP contribution < -0.4 is 5.32 Å². The van der Waals surface area contributed by atoms with Crippen LogP contribution in [0.15, 0.2) is 34.3 Å². The second-order valence-electron chi connectivity index (χ2n) is 4.72. The van der Waals surface area contributed by atoms with Crippen LogP contribution in [0.3, 0.4) is 0 Å². The van der Waals surface area contributed by atoms with Gasteiger partial charge in [-0.15, -0.1) is 0 Å². The molecule has 0 saturated carbocycles. The molecule has 0 radical (unpaired) electrons. The van der Waals surface area contributed by atoms with E-state index in [1.165, 1.54) is 24.8 Å². The molecule has 0 heterocycles. The number of hydrogen-bond acceptors (Lipinski definition) is 1. The van der Waals surface area contributed by atoms with Gasteiger partial charge in [-0.1, -0.05) is 33.6 Å². The van der Waals surface area contributed by atoms with Crippen molar-refractivity contribution >= 4 is 21.8 Å². The van der Waals surface area contributed by atoms with E-state index in [0.29, 0.717) is 5.56 Å². The lowest BCUT2D eigenvalue weighted by atomic mass is 10.1. The first-order valence-electron chi connectivity index (χ1n) is 6.39. The van der Waals surface area contributed by atoms with Crippen molar-refractivity contribution in [3.63, 3.8) is 0 Å². The molecule has 3 heteroatoms.